The first-order valence-corrected chi connectivity index (χ1v) is 4.82. The quantitative estimate of drug-likeness (QED) is 0.557. The maximum atomic E-state index is 11.2. The Kier molecular flexibility index (Phi) is 3.30. The lowest BCUT2D eigenvalue weighted by atomic mass is 10.2. The third-order valence-electron chi connectivity index (χ3n) is 1.46. The first-order chi connectivity index (χ1) is 6.00. The van der Waals surface area contributed by atoms with Crippen molar-refractivity contribution in [2.45, 2.75) is 18.2 Å². The summed E-state index contributed by atoms with van der Waals surface area (Å²) in [4.78, 5) is 15.2. The van der Waals surface area contributed by atoms with Gasteiger partial charge in [-0.3, -0.25) is 4.79 Å². The summed E-state index contributed by atoms with van der Waals surface area (Å²) in [5, 5.41) is 0. The van der Waals surface area contributed by atoms with Crippen LogP contribution in [0.25, 0.3) is 0 Å². The molecule has 0 radical (unpaired) electrons. The standard InChI is InChI=1S/C8H12BrNO3/c1-8(2,9)7(11)13-5-6-10-3-4-12-6/h3-5H2,1-2H3. The van der Waals surface area contributed by atoms with E-state index < -0.39 is 4.32 Å². The van der Waals surface area contributed by atoms with Gasteiger partial charge in [-0.05, 0) is 13.8 Å². The fourth-order valence-corrected chi connectivity index (χ4v) is 0.880. The van der Waals surface area contributed by atoms with Crippen molar-refractivity contribution in [1.82, 2.24) is 0 Å². The van der Waals surface area contributed by atoms with Crippen molar-refractivity contribution < 1.29 is 14.3 Å². The zero-order chi connectivity index (χ0) is 9.90. The van der Waals surface area contributed by atoms with Crippen LogP contribution in [0.4, 0.5) is 0 Å². The molecule has 0 N–H and O–H groups in total. The molecule has 5 heteroatoms. The lowest BCUT2D eigenvalue weighted by molar-refractivity contribution is -0.143. The highest BCUT2D eigenvalue weighted by atomic mass is 79.9. The first kappa shape index (κ1) is 10.5. The summed E-state index contributed by atoms with van der Waals surface area (Å²) in [7, 11) is 0. The minimum atomic E-state index is -0.647. The van der Waals surface area contributed by atoms with Gasteiger partial charge in [-0.2, -0.15) is 0 Å². The molecule has 0 amide bonds. The molecule has 0 fully saturated rings. The van der Waals surface area contributed by atoms with E-state index in [1.807, 2.05) is 0 Å². The maximum Gasteiger partial charge on any atom is 0.322 e. The summed E-state index contributed by atoms with van der Waals surface area (Å²) < 4.78 is 9.38. The van der Waals surface area contributed by atoms with E-state index in [0.717, 1.165) is 0 Å². The van der Waals surface area contributed by atoms with Crippen LogP contribution in [-0.4, -0.2) is 35.9 Å². The third-order valence-corrected chi connectivity index (χ3v) is 1.78. The molecule has 1 rings (SSSR count). The SMILES string of the molecule is CC(C)(Br)C(=O)OCC1=NCCO1. The van der Waals surface area contributed by atoms with Gasteiger partial charge in [0.2, 0.25) is 5.90 Å². The van der Waals surface area contributed by atoms with Gasteiger partial charge in [-0.25, -0.2) is 4.99 Å². The van der Waals surface area contributed by atoms with Crippen LogP contribution in [0, 0.1) is 0 Å². The molecular formula is C8H12BrNO3. The summed E-state index contributed by atoms with van der Waals surface area (Å²) in [5.41, 5.74) is 0. The number of rotatable bonds is 3. The first-order valence-electron chi connectivity index (χ1n) is 4.02. The lowest BCUT2D eigenvalue weighted by Crippen LogP contribution is -2.28. The van der Waals surface area contributed by atoms with E-state index in [1.165, 1.54) is 0 Å². The summed E-state index contributed by atoms with van der Waals surface area (Å²) in [6.07, 6.45) is 0. The number of nitrogens with zero attached hydrogens (tertiary/aromatic N) is 1. The Bertz CT molecular complexity index is 232. The number of halogens is 1. The molecule has 0 atom stereocenters. The molecule has 1 aliphatic heterocycles. The van der Waals surface area contributed by atoms with E-state index in [9.17, 15) is 4.79 Å². The van der Waals surface area contributed by atoms with Crippen molar-refractivity contribution in [3.8, 4) is 0 Å². The number of carbonyl (C=O) groups excluding carboxylic acids is 1. The van der Waals surface area contributed by atoms with Crippen molar-refractivity contribution >= 4 is 27.8 Å². The van der Waals surface area contributed by atoms with Crippen LogP contribution in [0.2, 0.25) is 0 Å². The van der Waals surface area contributed by atoms with E-state index in [1.54, 1.807) is 13.8 Å². The fourth-order valence-electron chi connectivity index (χ4n) is 0.766. The highest BCUT2D eigenvalue weighted by Crippen LogP contribution is 2.17. The smallest absolute Gasteiger partial charge is 0.322 e. The van der Waals surface area contributed by atoms with Crippen molar-refractivity contribution in [2.24, 2.45) is 4.99 Å². The van der Waals surface area contributed by atoms with E-state index in [0.29, 0.717) is 19.0 Å². The summed E-state index contributed by atoms with van der Waals surface area (Å²) >= 11 is 3.20. The Morgan fingerprint density at radius 3 is 2.92 bits per heavy atom. The monoisotopic (exact) mass is 249 g/mol. The van der Waals surface area contributed by atoms with E-state index in [2.05, 4.69) is 20.9 Å². The molecule has 0 aromatic rings. The average Bonchev–Trinajstić information content (AvgIpc) is 2.50. The Balaban J connectivity index is 2.30. The molecule has 13 heavy (non-hydrogen) atoms. The van der Waals surface area contributed by atoms with Crippen LogP contribution < -0.4 is 0 Å². The number of aliphatic imine (C=N–C) groups is 1. The second-order valence-corrected chi connectivity index (χ2v) is 5.16. The average molecular weight is 250 g/mol. The van der Waals surface area contributed by atoms with E-state index >= 15 is 0 Å². The van der Waals surface area contributed by atoms with Crippen LogP contribution in [0.5, 0.6) is 0 Å². The van der Waals surface area contributed by atoms with Gasteiger partial charge in [0, 0.05) is 0 Å². The molecule has 1 aliphatic rings. The molecule has 0 aromatic carbocycles. The minimum absolute atomic E-state index is 0.133. The van der Waals surface area contributed by atoms with Crippen molar-refractivity contribution in [1.29, 1.82) is 0 Å². The van der Waals surface area contributed by atoms with Crippen LogP contribution >= 0.6 is 15.9 Å². The van der Waals surface area contributed by atoms with Crippen LogP contribution in [0.3, 0.4) is 0 Å². The van der Waals surface area contributed by atoms with Gasteiger partial charge in [-0.1, -0.05) is 15.9 Å². The third kappa shape index (κ3) is 3.34. The topological polar surface area (TPSA) is 47.9 Å². The second kappa shape index (κ2) is 4.09. The number of alkyl halides is 1. The highest BCUT2D eigenvalue weighted by molar-refractivity contribution is 9.10. The van der Waals surface area contributed by atoms with Gasteiger partial charge in [-0.15, -0.1) is 0 Å². The zero-order valence-corrected chi connectivity index (χ0v) is 9.26. The van der Waals surface area contributed by atoms with E-state index in [-0.39, 0.29) is 12.6 Å². The zero-order valence-electron chi connectivity index (χ0n) is 7.67. The van der Waals surface area contributed by atoms with E-state index in [4.69, 9.17) is 9.47 Å². The lowest BCUT2D eigenvalue weighted by Gasteiger charge is -2.14. The molecule has 1 heterocycles. The van der Waals surface area contributed by atoms with Gasteiger partial charge >= 0.3 is 5.97 Å². The molecule has 0 unspecified atom stereocenters. The number of carbonyl (C=O) groups is 1. The Morgan fingerprint density at radius 2 is 2.46 bits per heavy atom. The van der Waals surface area contributed by atoms with Crippen LogP contribution in [0.1, 0.15) is 13.8 Å². The highest BCUT2D eigenvalue weighted by Gasteiger charge is 2.26. The number of esters is 1. The second-order valence-electron chi connectivity index (χ2n) is 3.17. The van der Waals surface area contributed by atoms with Gasteiger partial charge in [0.15, 0.2) is 6.61 Å². The van der Waals surface area contributed by atoms with Crippen LogP contribution in [-0.2, 0) is 14.3 Å². The number of hydrogen-bond donors (Lipinski definition) is 0. The minimum Gasteiger partial charge on any atom is -0.477 e. The Morgan fingerprint density at radius 1 is 1.77 bits per heavy atom. The van der Waals surface area contributed by atoms with Crippen molar-refractivity contribution in [3.05, 3.63) is 0 Å². The predicted molar refractivity (Wildman–Crippen MR) is 52.2 cm³/mol. The molecule has 4 nitrogen and oxygen atoms in total. The molecular weight excluding hydrogens is 238 g/mol. The summed E-state index contributed by atoms with van der Waals surface area (Å²) in [6.45, 7) is 4.84. The fraction of sp³-hybridized carbons (Fsp3) is 0.750. The molecule has 0 spiro atoms. The normalized spacial score (nSPS) is 16.4. The maximum absolute atomic E-state index is 11.2. The Hall–Kier alpha value is -0.580. The molecule has 0 saturated heterocycles. The molecule has 0 aliphatic carbocycles. The largest absolute Gasteiger partial charge is 0.477 e. The summed E-state index contributed by atoms with van der Waals surface area (Å²) in [5.74, 6) is 0.191. The van der Waals surface area contributed by atoms with Crippen molar-refractivity contribution in [2.75, 3.05) is 19.8 Å². The summed E-state index contributed by atoms with van der Waals surface area (Å²) in [6, 6.07) is 0. The van der Waals surface area contributed by atoms with Crippen LogP contribution in [0.15, 0.2) is 4.99 Å². The molecule has 0 saturated carbocycles. The number of hydrogen-bond acceptors (Lipinski definition) is 4. The molecule has 0 aromatic heterocycles. The predicted octanol–water partition coefficient (Wildman–Crippen LogP) is 1.13. The number of ether oxygens (including phenoxy) is 2. The molecule has 0 bridgehead atoms. The van der Waals surface area contributed by atoms with Gasteiger partial charge < -0.3 is 9.47 Å². The van der Waals surface area contributed by atoms with Gasteiger partial charge in [0.05, 0.1) is 6.54 Å². The molecule has 74 valence electrons. The van der Waals surface area contributed by atoms with Crippen molar-refractivity contribution in [3.63, 3.8) is 0 Å². The Labute approximate surface area is 85.4 Å². The van der Waals surface area contributed by atoms with Gasteiger partial charge in [0.25, 0.3) is 0 Å². The van der Waals surface area contributed by atoms with Gasteiger partial charge in [0.1, 0.15) is 10.9 Å².